The van der Waals surface area contributed by atoms with Crippen LogP contribution < -0.4 is 10.6 Å². The third-order valence-corrected chi connectivity index (χ3v) is 1.82. The monoisotopic (exact) mass is 201 g/mol. The highest BCUT2D eigenvalue weighted by Crippen LogP contribution is 2.18. The van der Waals surface area contributed by atoms with Gasteiger partial charge in [-0.3, -0.25) is 0 Å². The number of anilines is 2. The molecular weight excluding hydrogens is 190 g/mol. The van der Waals surface area contributed by atoms with Gasteiger partial charge in [0.2, 0.25) is 0 Å². The van der Waals surface area contributed by atoms with Gasteiger partial charge in [0, 0.05) is 25.3 Å². The van der Waals surface area contributed by atoms with Crippen molar-refractivity contribution >= 4 is 23.1 Å². The van der Waals surface area contributed by atoms with E-state index in [-0.39, 0.29) is 6.61 Å². The van der Waals surface area contributed by atoms with Crippen LogP contribution in [-0.2, 0) is 0 Å². The van der Waals surface area contributed by atoms with Crippen molar-refractivity contribution in [2.45, 2.75) is 0 Å². The Hall–Kier alpha value is -1.00. The van der Waals surface area contributed by atoms with E-state index in [9.17, 15) is 0 Å². The quantitative estimate of drug-likeness (QED) is 0.709. The second-order valence-electron chi connectivity index (χ2n) is 2.73. The Morgan fingerprint density at radius 2 is 2.31 bits per heavy atom. The highest BCUT2D eigenvalue weighted by Gasteiger charge is 2.03. The van der Waals surface area contributed by atoms with Gasteiger partial charge in [0.15, 0.2) is 0 Å². The highest BCUT2D eigenvalue weighted by atomic mass is 35.5. The Labute approximate surface area is 81.9 Å². The van der Waals surface area contributed by atoms with Gasteiger partial charge in [0.05, 0.1) is 6.61 Å². The number of hydrogen-bond acceptors (Lipinski definition) is 4. The lowest BCUT2D eigenvalue weighted by molar-refractivity contribution is 0.304. The molecule has 1 heterocycles. The molecule has 1 aromatic heterocycles. The Balaban J connectivity index is 2.87. The van der Waals surface area contributed by atoms with Gasteiger partial charge in [-0.2, -0.15) is 0 Å². The molecule has 0 aromatic carbocycles. The highest BCUT2D eigenvalue weighted by molar-refractivity contribution is 6.29. The summed E-state index contributed by atoms with van der Waals surface area (Å²) in [6.45, 7) is 0.581. The molecule has 5 heteroatoms. The lowest BCUT2D eigenvalue weighted by Crippen LogP contribution is -2.22. The lowest BCUT2D eigenvalue weighted by atomic mass is 10.4. The van der Waals surface area contributed by atoms with E-state index in [4.69, 9.17) is 22.4 Å². The van der Waals surface area contributed by atoms with Crippen molar-refractivity contribution in [3.05, 3.63) is 17.3 Å². The van der Waals surface area contributed by atoms with Crippen LogP contribution >= 0.6 is 11.6 Å². The van der Waals surface area contributed by atoms with E-state index in [2.05, 4.69) is 4.98 Å². The minimum absolute atomic E-state index is 0.0740. The van der Waals surface area contributed by atoms with E-state index in [1.54, 1.807) is 17.0 Å². The van der Waals surface area contributed by atoms with Crippen LogP contribution in [0.3, 0.4) is 0 Å². The molecule has 0 atom stereocenters. The molecule has 0 aliphatic rings. The zero-order chi connectivity index (χ0) is 9.84. The van der Waals surface area contributed by atoms with Gasteiger partial charge in [-0.1, -0.05) is 11.6 Å². The van der Waals surface area contributed by atoms with Gasteiger partial charge in [0.25, 0.3) is 0 Å². The summed E-state index contributed by atoms with van der Waals surface area (Å²) in [5.41, 5.74) is 6.15. The Bertz CT molecular complexity index is 272. The summed E-state index contributed by atoms with van der Waals surface area (Å²) in [6.07, 6.45) is 0. The van der Waals surface area contributed by atoms with Crippen molar-refractivity contribution in [3.63, 3.8) is 0 Å². The first-order chi connectivity index (χ1) is 6.13. The fourth-order valence-electron chi connectivity index (χ4n) is 0.962. The Morgan fingerprint density at radius 1 is 1.62 bits per heavy atom. The number of nitrogens with zero attached hydrogens (tertiary/aromatic N) is 2. The van der Waals surface area contributed by atoms with Crippen molar-refractivity contribution in [2.75, 3.05) is 30.8 Å². The van der Waals surface area contributed by atoms with E-state index < -0.39 is 0 Å². The molecule has 0 amide bonds. The molecular formula is C8H12ClN3O. The molecule has 3 N–H and O–H groups in total. The van der Waals surface area contributed by atoms with Crippen LogP contribution in [0.5, 0.6) is 0 Å². The van der Waals surface area contributed by atoms with E-state index in [1.807, 2.05) is 7.05 Å². The molecule has 0 saturated heterocycles. The number of likely N-dealkylation sites (N-methyl/N-ethyl adjacent to an activating group) is 1. The number of nitrogens with two attached hydrogens (primary N) is 1. The summed E-state index contributed by atoms with van der Waals surface area (Å²) < 4.78 is 0. The summed E-state index contributed by atoms with van der Waals surface area (Å²) in [7, 11) is 1.81. The number of halogens is 1. The topological polar surface area (TPSA) is 62.4 Å². The molecule has 0 aliphatic carbocycles. The maximum atomic E-state index is 8.70. The first kappa shape index (κ1) is 10.1. The SMILES string of the molecule is CN(CCO)c1cc(N)cc(Cl)n1. The summed E-state index contributed by atoms with van der Waals surface area (Å²) >= 11 is 5.71. The molecule has 4 nitrogen and oxygen atoms in total. The van der Waals surface area contributed by atoms with Crippen LogP contribution in [0.2, 0.25) is 5.15 Å². The number of aliphatic hydroxyl groups excluding tert-OH is 1. The third-order valence-electron chi connectivity index (χ3n) is 1.63. The zero-order valence-electron chi connectivity index (χ0n) is 7.37. The number of aromatic nitrogens is 1. The average Bonchev–Trinajstić information content (AvgIpc) is 2.03. The molecule has 1 rings (SSSR count). The number of nitrogen functional groups attached to an aromatic ring is 1. The van der Waals surface area contributed by atoms with E-state index in [0.717, 1.165) is 0 Å². The summed E-state index contributed by atoms with van der Waals surface area (Å²) in [5.74, 6) is 0.666. The first-order valence-corrected chi connectivity index (χ1v) is 4.26. The van der Waals surface area contributed by atoms with Gasteiger partial charge < -0.3 is 15.7 Å². The summed E-state index contributed by atoms with van der Waals surface area (Å²) in [6, 6.07) is 3.29. The predicted octanol–water partition coefficient (Wildman–Crippen LogP) is 0.746. The summed E-state index contributed by atoms with van der Waals surface area (Å²) in [4.78, 5) is 5.83. The van der Waals surface area contributed by atoms with Crippen LogP contribution in [0.15, 0.2) is 12.1 Å². The van der Waals surface area contributed by atoms with Crippen LogP contribution in [-0.4, -0.2) is 30.3 Å². The minimum Gasteiger partial charge on any atom is -0.399 e. The van der Waals surface area contributed by atoms with Crippen molar-refractivity contribution < 1.29 is 5.11 Å². The molecule has 72 valence electrons. The van der Waals surface area contributed by atoms with Crippen molar-refractivity contribution in [3.8, 4) is 0 Å². The molecule has 1 aromatic rings. The molecule has 0 saturated carbocycles. The van der Waals surface area contributed by atoms with Crippen LogP contribution in [0, 0.1) is 0 Å². The second-order valence-corrected chi connectivity index (χ2v) is 3.11. The smallest absolute Gasteiger partial charge is 0.133 e. The normalized spacial score (nSPS) is 10.1. The maximum Gasteiger partial charge on any atom is 0.133 e. The molecule has 0 spiro atoms. The van der Waals surface area contributed by atoms with Crippen LogP contribution in [0.25, 0.3) is 0 Å². The molecule has 0 unspecified atom stereocenters. The largest absolute Gasteiger partial charge is 0.399 e. The fraction of sp³-hybridized carbons (Fsp3) is 0.375. The van der Waals surface area contributed by atoms with Gasteiger partial charge in [-0.25, -0.2) is 4.98 Å². The van der Waals surface area contributed by atoms with Crippen molar-refractivity contribution in [1.29, 1.82) is 0 Å². The second kappa shape index (κ2) is 4.30. The third kappa shape index (κ3) is 2.75. The average molecular weight is 202 g/mol. The number of aliphatic hydroxyl groups is 1. The van der Waals surface area contributed by atoms with Gasteiger partial charge in [-0.05, 0) is 6.07 Å². The number of hydrogen-bond donors (Lipinski definition) is 2. The lowest BCUT2D eigenvalue weighted by Gasteiger charge is -2.16. The standard InChI is InChI=1S/C8H12ClN3O/c1-12(2-3-13)8-5-6(10)4-7(9)11-8/h4-5,13H,2-3H2,1H3,(H2,10,11). The summed E-state index contributed by atoms with van der Waals surface area (Å²) in [5, 5.41) is 9.06. The fourth-order valence-corrected chi connectivity index (χ4v) is 1.17. The first-order valence-electron chi connectivity index (χ1n) is 3.88. The van der Waals surface area contributed by atoms with E-state index >= 15 is 0 Å². The van der Waals surface area contributed by atoms with Crippen molar-refractivity contribution in [1.82, 2.24) is 4.98 Å². The Kier molecular flexibility index (Phi) is 3.33. The van der Waals surface area contributed by atoms with Crippen molar-refractivity contribution in [2.24, 2.45) is 0 Å². The minimum atomic E-state index is 0.0740. The van der Waals surface area contributed by atoms with E-state index in [1.165, 1.54) is 0 Å². The van der Waals surface area contributed by atoms with Crippen LogP contribution in [0.1, 0.15) is 0 Å². The van der Waals surface area contributed by atoms with Crippen LogP contribution in [0.4, 0.5) is 11.5 Å². The van der Waals surface area contributed by atoms with Gasteiger partial charge in [0.1, 0.15) is 11.0 Å². The molecule has 13 heavy (non-hydrogen) atoms. The number of rotatable bonds is 3. The van der Waals surface area contributed by atoms with Gasteiger partial charge in [-0.15, -0.1) is 0 Å². The van der Waals surface area contributed by atoms with E-state index in [0.29, 0.717) is 23.2 Å². The number of pyridine rings is 1. The maximum absolute atomic E-state index is 8.70. The van der Waals surface area contributed by atoms with Gasteiger partial charge >= 0.3 is 0 Å². The molecule has 0 radical (unpaired) electrons. The predicted molar refractivity (Wildman–Crippen MR) is 54.0 cm³/mol. The molecule has 0 fully saturated rings. The molecule has 0 aliphatic heterocycles. The Morgan fingerprint density at radius 3 is 2.85 bits per heavy atom. The zero-order valence-corrected chi connectivity index (χ0v) is 8.12. The molecule has 0 bridgehead atoms.